The van der Waals surface area contributed by atoms with E-state index in [0.29, 0.717) is 5.69 Å². The molecule has 0 fully saturated rings. The van der Waals surface area contributed by atoms with E-state index in [0.717, 1.165) is 17.2 Å². The van der Waals surface area contributed by atoms with E-state index in [1.807, 2.05) is 24.4 Å². The van der Waals surface area contributed by atoms with Crippen LogP contribution in [0.3, 0.4) is 0 Å². The first-order valence-corrected chi connectivity index (χ1v) is 6.06. The summed E-state index contributed by atoms with van der Waals surface area (Å²) >= 11 is 1.73. The molecule has 2 aromatic rings. The van der Waals surface area contributed by atoms with E-state index in [1.165, 1.54) is 5.56 Å². The van der Waals surface area contributed by atoms with Crippen LogP contribution < -0.4 is 5.73 Å². The van der Waals surface area contributed by atoms with E-state index in [-0.39, 0.29) is 0 Å². The molecule has 3 nitrogen and oxygen atoms in total. The number of pyridine rings is 2. The lowest BCUT2D eigenvalue weighted by molar-refractivity contribution is 1.09. The van der Waals surface area contributed by atoms with Crippen LogP contribution in [-0.2, 0) is 6.42 Å². The molecule has 0 bridgehead atoms. The van der Waals surface area contributed by atoms with Crippen LogP contribution in [0, 0.1) is 0 Å². The van der Waals surface area contributed by atoms with Gasteiger partial charge in [-0.3, -0.25) is 4.98 Å². The highest BCUT2D eigenvalue weighted by Gasteiger charge is 1.96. The topological polar surface area (TPSA) is 51.8 Å². The Kier molecular flexibility index (Phi) is 3.77. The van der Waals surface area contributed by atoms with E-state index in [9.17, 15) is 0 Å². The molecule has 0 aliphatic carbocycles. The lowest BCUT2D eigenvalue weighted by Gasteiger charge is -2.01. The SMILES string of the molecule is Nc1ccc(SCCc2cccnc2)nc1. The number of anilines is 1. The second-order valence-corrected chi connectivity index (χ2v) is 4.50. The first kappa shape index (κ1) is 11.0. The minimum Gasteiger partial charge on any atom is -0.397 e. The van der Waals surface area contributed by atoms with Crippen molar-refractivity contribution in [3.05, 3.63) is 48.4 Å². The molecule has 0 radical (unpaired) electrons. The first-order valence-electron chi connectivity index (χ1n) is 5.08. The van der Waals surface area contributed by atoms with Crippen molar-refractivity contribution in [3.8, 4) is 0 Å². The summed E-state index contributed by atoms with van der Waals surface area (Å²) in [6.07, 6.45) is 6.38. The van der Waals surface area contributed by atoms with Gasteiger partial charge in [0.25, 0.3) is 0 Å². The number of thioether (sulfide) groups is 1. The summed E-state index contributed by atoms with van der Waals surface area (Å²) < 4.78 is 0. The summed E-state index contributed by atoms with van der Waals surface area (Å²) in [5, 5.41) is 1.01. The molecule has 0 aliphatic rings. The number of nitrogens with two attached hydrogens (primary N) is 1. The number of hydrogen-bond acceptors (Lipinski definition) is 4. The zero-order valence-electron chi connectivity index (χ0n) is 8.84. The van der Waals surface area contributed by atoms with Crippen LogP contribution in [0.15, 0.2) is 47.9 Å². The molecule has 0 unspecified atom stereocenters. The van der Waals surface area contributed by atoms with Gasteiger partial charge in [-0.2, -0.15) is 0 Å². The molecule has 0 aromatic carbocycles. The van der Waals surface area contributed by atoms with Gasteiger partial charge in [0.1, 0.15) is 0 Å². The number of aromatic nitrogens is 2. The van der Waals surface area contributed by atoms with Gasteiger partial charge in [0.15, 0.2) is 0 Å². The largest absolute Gasteiger partial charge is 0.397 e. The van der Waals surface area contributed by atoms with Gasteiger partial charge in [0.05, 0.1) is 16.9 Å². The lowest BCUT2D eigenvalue weighted by atomic mass is 10.2. The Hall–Kier alpha value is -1.55. The maximum absolute atomic E-state index is 5.57. The molecule has 2 N–H and O–H groups in total. The van der Waals surface area contributed by atoms with Crippen LogP contribution in [0.5, 0.6) is 0 Å². The quantitative estimate of drug-likeness (QED) is 0.821. The molecule has 0 atom stereocenters. The fraction of sp³-hybridized carbons (Fsp3) is 0.167. The number of hydrogen-bond donors (Lipinski definition) is 1. The molecule has 0 saturated carbocycles. The Morgan fingerprint density at radius 2 is 2.12 bits per heavy atom. The molecular formula is C12H13N3S. The van der Waals surface area contributed by atoms with E-state index in [1.54, 1.807) is 24.2 Å². The van der Waals surface area contributed by atoms with E-state index in [4.69, 9.17) is 5.73 Å². The predicted molar refractivity (Wildman–Crippen MR) is 67.3 cm³/mol. The maximum Gasteiger partial charge on any atom is 0.0961 e. The van der Waals surface area contributed by atoms with Gasteiger partial charge in [-0.15, -0.1) is 11.8 Å². The van der Waals surface area contributed by atoms with Crippen molar-refractivity contribution in [2.24, 2.45) is 0 Å². The Balaban J connectivity index is 1.82. The Labute approximate surface area is 99.1 Å². The number of nitrogen functional groups attached to an aromatic ring is 1. The van der Waals surface area contributed by atoms with Crippen molar-refractivity contribution in [1.82, 2.24) is 9.97 Å². The zero-order valence-corrected chi connectivity index (χ0v) is 9.65. The van der Waals surface area contributed by atoms with E-state index < -0.39 is 0 Å². The first-order chi connectivity index (χ1) is 7.84. The van der Waals surface area contributed by atoms with Crippen molar-refractivity contribution in [2.75, 3.05) is 11.5 Å². The number of aryl methyl sites for hydroxylation is 1. The molecule has 0 saturated heterocycles. The summed E-state index contributed by atoms with van der Waals surface area (Å²) in [5.41, 5.74) is 7.53. The average molecular weight is 231 g/mol. The second kappa shape index (κ2) is 5.51. The summed E-state index contributed by atoms with van der Waals surface area (Å²) in [6, 6.07) is 7.87. The fourth-order valence-corrected chi connectivity index (χ4v) is 2.13. The molecule has 16 heavy (non-hydrogen) atoms. The van der Waals surface area contributed by atoms with Crippen LogP contribution in [-0.4, -0.2) is 15.7 Å². The lowest BCUT2D eigenvalue weighted by Crippen LogP contribution is -1.91. The van der Waals surface area contributed by atoms with Gasteiger partial charge in [-0.25, -0.2) is 4.98 Å². The van der Waals surface area contributed by atoms with Gasteiger partial charge in [0.2, 0.25) is 0 Å². The molecule has 4 heteroatoms. The van der Waals surface area contributed by atoms with Gasteiger partial charge in [-0.1, -0.05) is 6.07 Å². The Bertz CT molecular complexity index is 428. The Morgan fingerprint density at radius 3 is 2.81 bits per heavy atom. The monoisotopic (exact) mass is 231 g/mol. The van der Waals surface area contributed by atoms with Crippen LogP contribution in [0.4, 0.5) is 5.69 Å². The van der Waals surface area contributed by atoms with Crippen LogP contribution >= 0.6 is 11.8 Å². The average Bonchev–Trinajstić information content (AvgIpc) is 2.33. The van der Waals surface area contributed by atoms with Gasteiger partial charge >= 0.3 is 0 Å². The van der Waals surface area contributed by atoms with Gasteiger partial charge < -0.3 is 5.73 Å². The van der Waals surface area contributed by atoms with E-state index in [2.05, 4.69) is 16.0 Å². The molecular weight excluding hydrogens is 218 g/mol. The third kappa shape index (κ3) is 3.24. The van der Waals surface area contributed by atoms with Crippen molar-refractivity contribution in [1.29, 1.82) is 0 Å². The minimum absolute atomic E-state index is 0.705. The third-order valence-corrected chi connectivity index (χ3v) is 3.07. The molecule has 0 spiro atoms. The normalized spacial score (nSPS) is 10.2. The molecule has 2 rings (SSSR count). The summed E-state index contributed by atoms with van der Waals surface area (Å²) in [4.78, 5) is 8.31. The standard InChI is InChI=1S/C12H13N3S/c13-11-3-4-12(15-9-11)16-7-5-10-2-1-6-14-8-10/h1-4,6,8-9H,5,7,13H2. The number of rotatable bonds is 4. The minimum atomic E-state index is 0.705. The predicted octanol–water partition coefficient (Wildman–Crippen LogP) is 2.39. The van der Waals surface area contributed by atoms with Crippen molar-refractivity contribution in [2.45, 2.75) is 11.4 Å². The molecule has 2 aromatic heterocycles. The van der Waals surface area contributed by atoms with E-state index >= 15 is 0 Å². The van der Waals surface area contributed by atoms with Crippen molar-refractivity contribution >= 4 is 17.4 Å². The Morgan fingerprint density at radius 1 is 1.19 bits per heavy atom. The molecule has 0 aliphatic heterocycles. The molecule has 0 amide bonds. The highest BCUT2D eigenvalue weighted by molar-refractivity contribution is 7.99. The second-order valence-electron chi connectivity index (χ2n) is 3.39. The van der Waals surface area contributed by atoms with Crippen LogP contribution in [0.25, 0.3) is 0 Å². The molecule has 82 valence electrons. The third-order valence-electron chi connectivity index (χ3n) is 2.12. The van der Waals surface area contributed by atoms with Crippen molar-refractivity contribution in [3.63, 3.8) is 0 Å². The highest BCUT2D eigenvalue weighted by Crippen LogP contribution is 2.17. The fourth-order valence-electron chi connectivity index (χ4n) is 1.30. The maximum atomic E-state index is 5.57. The molecule has 2 heterocycles. The summed E-state index contributed by atoms with van der Waals surface area (Å²) in [6.45, 7) is 0. The van der Waals surface area contributed by atoms with Crippen molar-refractivity contribution < 1.29 is 0 Å². The van der Waals surface area contributed by atoms with Gasteiger partial charge in [-0.05, 0) is 30.2 Å². The van der Waals surface area contributed by atoms with Gasteiger partial charge in [0, 0.05) is 18.1 Å². The zero-order chi connectivity index (χ0) is 11.2. The summed E-state index contributed by atoms with van der Waals surface area (Å²) in [7, 11) is 0. The number of nitrogens with zero attached hydrogens (tertiary/aromatic N) is 2. The van der Waals surface area contributed by atoms with Crippen LogP contribution in [0.2, 0.25) is 0 Å². The smallest absolute Gasteiger partial charge is 0.0961 e. The highest BCUT2D eigenvalue weighted by atomic mass is 32.2. The summed E-state index contributed by atoms with van der Waals surface area (Å²) in [5.74, 6) is 1.00. The van der Waals surface area contributed by atoms with Crippen LogP contribution in [0.1, 0.15) is 5.56 Å².